The van der Waals surface area contributed by atoms with Gasteiger partial charge in [-0.3, -0.25) is 4.79 Å². The van der Waals surface area contributed by atoms with Crippen molar-refractivity contribution in [3.8, 4) is 10.6 Å². The predicted octanol–water partition coefficient (Wildman–Crippen LogP) is 3.56. The molecule has 1 amide bonds. The van der Waals surface area contributed by atoms with Crippen LogP contribution < -0.4 is 0 Å². The lowest BCUT2D eigenvalue weighted by Gasteiger charge is -2.11. The van der Waals surface area contributed by atoms with Gasteiger partial charge in [0.25, 0.3) is 5.91 Å². The Morgan fingerprint density at radius 1 is 1.50 bits per heavy atom. The third kappa shape index (κ3) is 2.71. The van der Waals surface area contributed by atoms with Gasteiger partial charge in [0, 0.05) is 29.6 Å². The van der Waals surface area contributed by atoms with Gasteiger partial charge in [-0.2, -0.15) is 0 Å². The molecule has 2 rings (SSSR count). The minimum absolute atomic E-state index is 0.0537. The molecule has 0 saturated carbocycles. The van der Waals surface area contributed by atoms with Crippen LogP contribution >= 0.6 is 22.9 Å². The van der Waals surface area contributed by atoms with Crippen LogP contribution in [0.3, 0.4) is 0 Å². The second-order valence-electron chi connectivity index (χ2n) is 3.87. The van der Waals surface area contributed by atoms with E-state index < -0.39 is 0 Å². The number of thiazole rings is 1. The fraction of sp³-hybridized carbons (Fsp3) is 0.231. The molecule has 94 valence electrons. The molecule has 1 heterocycles. The summed E-state index contributed by atoms with van der Waals surface area (Å²) in [5.41, 5.74) is 1.42. The summed E-state index contributed by atoms with van der Waals surface area (Å²) in [6.45, 7) is 2.60. The number of hydrogen-bond acceptors (Lipinski definition) is 3. The molecule has 0 unspecified atom stereocenters. The maximum Gasteiger partial charge on any atom is 0.273 e. The Morgan fingerprint density at radius 2 is 2.28 bits per heavy atom. The number of hydrogen-bond donors (Lipinski definition) is 0. The highest BCUT2D eigenvalue weighted by atomic mass is 35.5. The molecule has 1 aromatic heterocycles. The largest absolute Gasteiger partial charge is 0.341 e. The predicted molar refractivity (Wildman–Crippen MR) is 75.2 cm³/mol. The highest BCUT2D eigenvalue weighted by Gasteiger charge is 2.14. The Morgan fingerprint density at radius 3 is 2.94 bits per heavy atom. The smallest absolute Gasteiger partial charge is 0.273 e. The molecule has 0 N–H and O–H groups in total. The summed E-state index contributed by atoms with van der Waals surface area (Å²) >= 11 is 7.39. The third-order valence-corrected chi connectivity index (χ3v) is 3.74. The maximum absolute atomic E-state index is 11.9. The summed E-state index contributed by atoms with van der Waals surface area (Å²) in [6, 6.07) is 7.47. The highest BCUT2D eigenvalue weighted by Crippen LogP contribution is 2.26. The summed E-state index contributed by atoms with van der Waals surface area (Å²) in [4.78, 5) is 17.9. The van der Waals surface area contributed by atoms with Crippen molar-refractivity contribution in [1.29, 1.82) is 0 Å². The molecule has 1 aromatic carbocycles. The minimum Gasteiger partial charge on any atom is -0.341 e. The average molecular weight is 281 g/mol. The van der Waals surface area contributed by atoms with E-state index in [1.54, 1.807) is 17.3 Å². The van der Waals surface area contributed by atoms with Gasteiger partial charge in [-0.1, -0.05) is 23.7 Å². The van der Waals surface area contributed by atoms with E-state index in [1.807, 2.05) is 31.2 Å². The number of rotatable bonds is 3. The van der Waals surface area contributed by atoms with Crippen LogP contribution in [-0.4, -0.2) is 29.4 Å². The van der Waals surface area contributed by atoms with Crippen LogP contribution in [0.4, 0.5) is 0 Å². The van der Waals surface area contributed by atoms with E-state index in [0.29, 0.717) is 17.3 Å². The second-order valence-corrected chi connectivity index (χ2v) is 5.16. The zero-order valence-corrected chi connectivity index (χ0v) is 11.8. The molecule has 0 atom stereocenters. The Kier molecular flexibility index (Phi) is 3.99. The van der Waals surface area contributed by atoms with Crippen LogP contribution in [0.1, 0.15) is 17.4 Å². The van der Waals surface area contributed by atoms with Crippen molar-refractivity contribution >= 4 is 28.8 Å². The van der Waals surface area contributed by atoms with Crippen molar-refractivity contribution in [2.45, 2.75) is 6.92 Å². The fourth-order valence-corrected chi connectivity index (χ4v) is 2.45. The lowest BCUT2D eigenvalue weighted by Crippen LogP contribution is -2.26. The molecule has 0 fully saturated rings. The number of halogens is 1. The van der Waals surface area contributed by atoms with Gasteiger partial charge in [0.15, 0.2) is 0 Å². The molecule has 2 aromatic rings. The van der Waals surface area contributed by atoms with Crippen LogP contribution in [0.5, 0.6) is 0 Å². The monoisotopic (exact) mass is 280 g/mol. The van der Waals surface area contributed by atoms with Crippen LogP contribution in [-0.2, 0) is 0 Å². The first-order valence-corrected chi connectivity index (χ1v) is 6.84. The third-order valence-electron chi connectivity index (χ3n) is 2.62. The maximum atomic E-state index is 11.9. The number of amides is 1. The zero-order valence-electron chi connectivity index (χ0n) is 10.2. The Bertz CT molecular complexity index is 568. The van der Waals surface area contributed by atoms with Crippen molar-refractivity contribution in [1.82, 2.24) is 9.88 Å². The highest BCUT2D eigenvalue weighted by molar-refractivity contribution is 7.13. The molecule has 0 aliphatic rings. The van der Waals surface area contributed by atoms with Crippen molar-refractivity contribution in [2.24, 2.45) is 0 Å². The lowest BCUT2D eigenvalue weighted by atomic mass is 10.2. The normalized spacial score (nSPS) is 10.4. The van der Waals surface area contributed by atoms with Gasteiger partial charge in [-0.05, 0) is 19.1 Å². The first kappa shape index (κ1) is 13.1. The summed E-state index contributed by atoms with van der Waals surface area (Å²) in [5.74, 6) is -0.0537. The van der Waals surface area contributed by atoms with Crippen LogP contribution in [0.25, 0.3) is 10.6 Å². The molecule has 5 heteroatoms. The van der Waals surface area contributed by atoms with E-state index in [2.05, 4.69) is 4.98 Å². The quantitative estimate of drug-likeness (QED) is 0.861. The first-order chi connectivity index (χ1) is 8.61. The number of carbonyl (C=O) groups excluding carboxylic acids is 1. The number of benzene rings is 1. The molecular weight excluding hydrogens is 268 g/mol. The van der Waals surface area contributed by atoms with E-state index in [9.17, 15) is 4.79 Å². The van der Waals surface area contributed by atoms with Gasteiger partial charge in [-0.15, -0.1) is 11.3 Å². The summed E-state index contributed by atoms with van der Waals surface area (Å²) in [5, 5.41) is 3.26. The van der Waals surface area contributed by atoms with Gasteiger partial charge < -0.3 is 4.90 Å². The molecule has 0 aliphatic heterocycles. The van der Waals surface area contributed by atoms with E-state index in [1.165, 1.54) is 11.3 Å². The molecule has 0 aliphatic carbocycles. The zero-order chi connectivity index (χ0) is 13.1. The topological polar surface area (TPSA) is 33.2 Å². The Balaban J connectivity index is 2.28. The molecule has 3 nitrogen and oxygen atoms in total. The Hall–Kier alpha value is -1.39. The average Bonchev–Trinajstić information content (AvgIpc) is 2.86. The molecule has 0 saturated heterocycles. The van der Waals surface area contributed by atoms with Crippen molar-refractivity contribution in [3.05, 3.63) is 40.4 Å². The van der Waals surface area contributed by atoms with Crippen molar-refractivity contribution in [3.63, 3.8) is 0 Å². The summed E-state index contributed by atoms with van der Waals surface area (Å²) in [7, 11) is 1.76. The Labute approximate surface area is 115 Å². The van der Waals surface area contributed by atoms with Crippen LogP contribution in [0.2, 0.25) is 5.02 Å². The number of carbonyl (C=O) groups is 1. The van der Waals surface area contributed by atoms with E-state index >= 15 is 0 Å². The standard InChI is InChI=1S/C13H13ClN2OS/c1-3-16(2)13(17)11-8-18-12(15-11)9-5-4-6-10(14)7-9/h4-8H,3H2,1-2H3. The van der Waals surface area contributed by atoms with Gasteiger partial charge in [0.2, 0.25) is 0 Å². The minimum atomic E-state index is -0.0537. The molecular formula is C13H13ClN2OS. The molecule has 0 radical (unpaired) electrons. The fourth-order valence-electron chi connectivity index (χ4n) is 1.47. The van der Waals surface area contributed by atoms with Gasteiger partial charge >= 0.3 is 0 Å². The van der Waals surface area contributed by atoms with E-state index in [4.69, 9.17) is 11.6 Å². The molecule has 0 spiro atoms. The van der Waals surface area contributed by atoms with Crippen molar-refractivity contribution in [2.75, 3.05) is 13.6 Å². The van der Waals surface area contributed by atoms with Crippen LogP contribution in [0, 0.1) is 0 Å². The van der Waals surface area contributed by atoms with E-state index in [0.717, 1.165) is 10.6 Å². The first-order valence-electron chi connectivity index (χ1n) is 5.58. The number of nitrogens with zero attached hydrogens (tertiary/aromatic N) is 2. The summed E-state index contributed by atoms with van der Waals surface area (Å²) < 4.78 is 0. The van der Waals surface area contributed by atoms with Crippen LogP contribution in [0.15, 0.2) is 29.6 Å². The molecule has 18 heavy (non-hydrogen) atoms. The van der Waals surface area contributed by atoms with Gasteiger partial charge in [-0.25, -0.2) is 4.98 Å². The second kappa shape index (κ2) is 5.50. The molecule has 0 bridgehead atoms. The number of aromatic nitrogens is 1. The SMILES string of the molecule is CCN(C)C(=O)c1csc(-c2cccc(Cl)c2)n1. The summed E-state index contributed by atoms with van der Waals surface area (Å²) in [6.07, 6.45) is 0. The van der Waals surface area contributed by atoms with Crippen molar-refractivity contribution < 1.29 is 4.79 Å². The van der Waals surface area contributed by atoms with Gasteiger partial charge in [0.1, 0.15) is 10.7 Å². The lowest BCUT2D eigenvalue weighted by molar-refractivity contribution is 0.0797. The van der Waals surface area contributed by atoms with Gasteiger partial charge in [0.05, 0.1) is 0 Å². The van der Waals surface area contributed by atoms with E-state index in [-0.39, 0.29) is 5.91 Å².